The van der Waals surface area contributed by atoms with Crippen LogP contribution in [0, 0.1) is 0 Å². The molecule has 1 rings (SSSR count). The van der Waals surface area contributed by atoms with Crippen molar-refractivity contribution in [1.29, 1.82) is 0 Å². The van der Waals surface area contributed by atoms with E-state index in [0.29, 0.717) is 12.2 Å². The lowest BCUT2D eigenvalue weighted by Crippen LogP contribution is -2.24. The minimum Gasteiger partial charge on any atom is -0.347 e. The highest BCUT2D eigenvalue weighted by molar-refractivity contribution is 5.92. The quantitative estimate of drug-likeness (QED) is 0.273. The van der Waals surface area contributed by atoms with E-state index in [4.69, 9.17) is 0 Å². The third-order valence-corrected chi connectivity index (χ3v) is 5.74. The van der Waals surface area contributed by atoms with Gasteiger partial charge in [0.15, 0.2) is 0 Å². The molecule has 0 saturated heterocycles. The van der Waals surface area contributed by atoms with Crippen LogP contribution in [0.15, 0.2) is 64.9 Å². The first-order valence-corrected chi connectivity index (χ1v) is 12.6. The Labute approximate surface area is 203 Å². The molecule has 0 aliphatic heterocycles. The van der Waals surface area contributed by atoms with E-state index in [1.807, 2.05) is 12.1 Å². The maximum Gasteiger partial charge on any atom is 0.270 e. The molecule has 1 aromatic rings. The van der Waals surface area contributed by atoms with Crippen LogP contribution >= 0.6 is 0 Å². The van der Waals surface area contributed by atoms with Gasteiger partial charge in [0.25, 0.3) is 5.91 Å². The Kier molecular flexibility index (Phi) is 14.8. The maximum atomic E-state index is 12.4. The van der Waals surface area contributed by atoms with Gasteiger partial charge in [-0.2, -0.15) is 0 Å². The Hall–Kier alpha value is -2.42. The van der Waals surface area contributed by atoms with Crippen molar-refractivity contribution in [3.8, 4) is 0 Å². The van der Waals surface area contributed by atoms with Crippen molar-refractivity contribution in [2.45, 2.75) is 99.3 Å². The average Bonchev–Trinajstić information content (AvgIpc) is 2.77. The molecule has 3 nitrogen and oxygen atoms in total. The predicted molar refractivity (Wildman–Crippen MR) is 144 cm³/mol. The number of amides is 1. The van der Waals surface area contributed by atoms with Crippen LogP contribution in [-0.4, -0.2) is 17.4 Å². The number of carbonyl (C=O) groups is 1. The second-order valence-electron chi connectivity index (χ2n) is 9.41. The molecule has 1 N–H and O–H groups in total. The van der Waals surface area contributed by atoms with Crippen molar-refractivity contribution >= 4 is 5.91 Å². The first-order chi connectivity index (χ1) is 15.8. The fraction of sp³-hybridized carbons (Fsp3) is 0.533. The lowest BCUT2D eigenvalue weighted by atomic mass is 10.0. The number of pyridine rings is 1. The normalized spacial score (nSPS) is 12.6. The van der Waals surface area contributed by atoms with Gasteiger partial charge in [0.05, 0.1) is 0 Å². The van der Waals surface area contributed by atoms with Gasteiger partial charge in [-0.1, -0.05) is 59.9 Å². The average molecular weight is 451 g/mol. The molecular formula is C30H46N2O. The molecule has 0 aromatic carbocycles. The van der Waals surface area contributed by atoms with Crippen LogP contribution in [0.3, 0.4) is 0 Å². The molecule has 1 heterocycles. The molecule has 0 aliphatic rings. The van der Waals surface area contributed by atoms with Crippen molar-refractivity contribution in [2.24, 2.45) is 0 Å². The zero-order valence-corrected chi connectivity index (χ0v) is 22.0. The molecule has 0 spiro atoms. The van der Waals surface area contributed by atoms with Gasteiger partial charge >= 0.3 is 0 Å². The molecular weight excluding hydrogens is 404 g/mol. The fourth-order valence-electron chi connectivity index (χ4n) is 3.53. The lowest BCUT2D eigenvalue weighted by molar-refractivity contribution is 0.0953. The largest absolute Gasteiger partial charge is 0.347 e. The molecule has 1 amide bonds. The predicted octanol–water partition coefficient (Wildman–Crippen LogP) is 8.30. The zero-order chi connectivity index (χ0) is 24.5. The molecule has 33 heavy (non-hydrogen) atoms. The second-order valence-corrected chi connectivity index (χ2v) is 9.41. The van der Waals surface area contributed by atoms with Crippen LogP contribution in [0.4, 0.5) is 0 Å². The summed E-state index contributed by atoms with van der Waals surface area (Å²) in [6, 6.07) is 3.91. The monoisotopic (exact) mass is 450 g/mol. The van der Waals surface area contributed by atoms with Crippen molar-refractivity contribution in [2.75, 3.05) is 6.54 Å². The van der Waals surface area contributed by atoms with E-state index in [0.717, 1.165) is 57.8 Å². The van der Waals surface area contributed by atoms with Gasteiger partial charge < -0.3 is 5.32 Å². The van der Waals surface area contributed by atoms with Crippen LogP contribution in [0.1, 0.15) is 109 Å². The third-order valence-electron chi connectivity index (χ3n) is 5.74. The number of aromatic nitrogens is 1. The van der Waals surface area contributed by atoms with Crippen LogP contribution in [0.25, 0.3) is 0 Å². The van der Waals surface area contributed by atoms with Crippen molar-refractivity contribution in [1.82, 2.24) is 10.3 Å². The number of unbranched alkanes of at least 4 members (excludes halogenated alkanes) is 1. The Balaban J connectivity index is 2.32. The van der Waals surface area contributed by atoms with Crippen molar-refractivity contribution in [3.05, 3.63) is 76.2 Å². The van der Waals surface area contributed by atoms with Gasteiger partial charge in [0.1, 0.15) is 5.69 Å². The van der Waals surface area contributed by atoms with Crippen LogP contribution < -0.4 is 5.32 Å². The van der Waals surface area contributed by atoms with Gasteiger partial charge in [-0.05, 0) is 104 Å². The number of aryl methyl sites for hydroxylation is 1. The van der Waals surface area contributed by atoms with E-state index in [1.54, 1.807) is 6.20 Å². The Bertz CT molecular complexity index is 839. The summed E-state index contributed by atoms with van der Waals surface area (Å²) in [6.45, 7) is 13.6. The maximum absolute atomic E-state index is 12.4. The number of nitrogens with zero attached hydrogens (tertiary/aromatic N) is 1. The molecule has 3 heteroatoms. The number of hydrogen-bond donors (Lipinski definition) is 1. The zero-order valence-electron chi connectivity index (χ0n) is 22.0. The summed E-state index contributed by atoms with van der Waals surface area (Å²) in [5.41, 5.74) is 7.34. The topological polar surface area (TPSA) is 42.0 Å². The van der Waals surface area contributed by atoms with Crippen molar-refractivity contribution in [3.63, 3.8) is 0 Å². The molecule has 0 atom stereocenters. The van der Waals surface area contributed by atoms with E-state index in [-0.39, 0.29) is 5.91 Å². The smallest absolute Gasteiger partial charge is 0.270 e. The minimum atomic E-state index is -0.0997. The van der Waals surface area contributed by atoms with E-state index in [2.05, 4.69) is 76.1 Å². The van der Waals surface area contributed by atoms with Gasteiger partial charge in [-0.25, -0.2) is 0 Å². The summed E-state index contributed by atoms with van der Waals surface area (Å²) in [5.74, 6) is -0.0997. The van der Waals surface area contributed by atoms with E-state index >= 15 is 0 Å². The third kappa shape index (κ3) is 14.4. The molecule has 0 fully saturated rings. The van der Waals surface area contributed by atoms with Gasteiger partial charge in [-0.3, -0.25) is 9.78 Å². The Morgan fingerprint density at radius 2 is 1.45 bits per heavy atom. The van der Waals surface area contributed by atoms with Crippen LogP contribution in [0.5, 0.6) is 0 Å². The molecule has 0 saturated carbocycles. The first kappa shape index (κ1) is 28.6. The molecule has 0 unspecified atom stereocenters. The van der Waals surface area contributed by atoms with Crippen LogP contribution in [-0.2, 0) is 6.42 Å². The number of rotatable bonds is 15. The number of nitrogens with one attached hydrogen (secondary N) is 1. The van der Waals surface area contributed by atoms with Crippen molar-refractivity contribution < 1.29 is 4.79 Å². The van der Waals surface area contributed by atoms with Gasteiger partial charge in [-0.15, -0.1) is 0 Å². The number of hydrogen-bond acceptors (Lipinski definition) is 2. The summed E-state index contributed by atoms with van der Waals surface area (Å²) < 4.78 is 0. The van der Waals surface area contributed by atoms with Gasteiger partial charge in [0, 0.05) is 12.7 Å². The summed E-state index contributed by atoms with van der Waals surface area (Å²) in [7, 11) is 0. The Morgan fingerprint density at radius 3 is 2.03 bits per heavy atom. The minimum absolute atomic E-state index is 0.0997. The number of allylic oxidation sites excluding steroid dienone is 7. The SMILES string of the molecule is CCCCc1ccnc(C(=O)NCC=C(C)CCC=C(C)CCC=C(C)CCC=C(C)C)c1. The molecule has 0 aliphatic carbocycles. The van der Waals surface area contributed by atoms with E-state index < -0.39 is 0 Å². The second kappa shape index (κ2) is 17.1. The summed E-state index contributed by atoms with van der Waals surface area (Å²) in [4.78, 5) is 16.6. The van der Waals surface area contributed by atoms with E-state index in [9.17, 15) is 4.79 Å². The highest BCUT2D eigenvalue weighted by atomic mass is 16.1. The van der Waals surface area contributed by atoms with Crippen LogP contribution in [0.2, 0.25) is 0 Å². The highest BCUT2D eigenvalue weighted by Crippen LogP contribution is 2.13. The number of carbonyl (C=O) groups excluding carboxylic acids is 1. The molecule has 0 radical (unpaired) electrons. The van der Waals surface area contributed by atoms with Gasteiger partial charge in [0.2, 0.25) is 0 Å². The molecule has 1 aromatic heterocycles. The lowest BCUT2D eigenvalue weighted by Gasteiger charge is -2.06. The molecule has 0 bridgehead atoms. The first-order valence-electron chi connectivity index (χ1n) is 12.6. The fourth-order valence-corrected chi connectivity index (χ4v) is 3.53. The highest BCUT2D eigenvalue weighted by Gasteiger charge is 2.06. The molecule has 182 valence electrons. The van der Waals surface area contributed by atoms with E-state index in [1.165, 1.54) is 27.9 Å². The standard InChI is InChI=1S/C30H46N2O/c1-7-8-18-28-20-22-31-29(23-28)30(33)32-21-19-27(6)17-11-16-26(5)15-10-14-25(4)13-9-12-24(2)3/h12,14,16,19-20,22-23H,7-11,13,15,17-18,21H2,1-6H3,(H,32,33). The summed E-state index contributed by atoms with van der Waals surface area (Å²) in [6.07, 6.45) is 20.8. The summed E-state index contributed by atoms with van der Waals surface area (Å²) in [5, 5.41) is 2.97. The summed E-state index contributed by atoms with van der Waals surface area (Å²) >= 11 is 0. The Morgan fingerprint density at radius 1 is 0.879 bits per heavy atom.